The van der Waals surface area contributed by atoms with Crippen molar-refractivity contribution in [1.82, 2.24) is 9.88 Å². The summed E-state index contributed by atoms with van der Waals surface area (Å²) in [5.74, 6) is -0.164. The third kappa shape index (κ3) is 4.95. The van der Waals surface area contributed by atoms with Crippen molar-refractivity contribution in [3.05, 3.63) is 53.3 Å². The number of fused-ring (bicyclic) bond motifs is 1. The third-order valence-electron chi connectivity index (χ3n) is 5.08. The van der Waals surface area contributed by atoms with E-state index in [9.17, 15) is 9.50 Å². The van der Waals surface area contributed by atoms with Gasteiger partial charge in [-0.25, -0.2) is 4.39 Å². The number of hydrogen-bond donors (Lipinski definition) is 2. The Morgan fingerprint density at radius 2 is 2.00 bits per heavy atom. The summed E-state index contributed by atoms with van der Waals surface area (Å²) < 4.78 is 19.9. The molecule has 1 heterocycles. The molecule has 154 valence electrons. The fraction of sp³-hybridized carbons (Fsp3) is 0.348. The molecule has 0 amide bonds. The lowest BCUT2D eigenvalue weighted by Crippen LogP contribution is -2.25. The molecule has 29 heavy (non-hydrogen) atoms. The van der Waals surface area contributed by atoms with Crippen molar-refractivity contribution in [2.24, 2.45) is 4.99 Å². The molecule has 0 unspecified atom stereocenters. The molecular weight excluding hydrogens is 369 g/mol. The van der Waals surface area contributed by atoms with Crippen molar-refractivity contribution in [1.29, 1.82) is 0 Å². The maximum absolute atomic E-state index is 14.4. The quantitative estimate of drug-likeness (QED) is 0.386. The van der Waals surface area contributed by atoms with Gasteiger partial charge in [0.15, 0.2) is 17.4 Å². The molecule has 2 aromatic carbocycles. The molecule has 0 spiro atoms. The molecule has 0 aliphatic carbocycles. The first kappa shape index (κ1) is 20.9. The summed E-state index contributed by atoms with van der Waals surface area (Å²) in [4.78, 5) is 9.58. The number of benzene rings is 2. The lowest BCUT2D eigenvalue weighted by molar-refractivity contribution is 0.243. The van der Waals surface area contributed by atoms with Crippen LogP contribution in [0.5, 0.6) is 11.6 Å². The monoisotopic (exact) mass is 397 g/mol. The number of aromatic nitrogens is 1. The molecule has 0 saturated heterocycles. The van der Waals surface area contributed by atoms with E-state index < -0.39 is 5.82 Å². The predicted molar refractivity (Wildman–Crippen MR) is 116 cm³/mol. The SMILES string of the molecule is CCN(CC)CCCOc1ccc(N=Cc2c(O)[nH]c3cccc(C)c23)cc1F. The van der Waals surface area contributed by atoms with E-state index in [0.29, 0.717) is 17.9 Å². The minimum absolute atomic E-state index is 0.0478. The Kier molecular flexibility index (Phi) is 6.88. The van der Waals surface area contributed by atoms with Crippen LogP contribution < -0.4 is 4.74 Å². The zero-order chi connectivity index (χ0) is 20.8. The molecule has 0 fully saturated rings. The smallest absolute Gasteiger partial charge is 0.198 e. The van der Waals surface area contributed by atoms with Crippen molar-refractivity contribution in [3.63, 3.8) is 0 Å². The van der Waals surface area contributed by atoms with Crippen LogP contribution in [0.2, 0.25) is 0 Å². The van der Waals surface area contributed by atoms with Crippen LogP contribution in [0.3, 0.4) is 0 Å². The first-order valence-electron chi connectivity index (χ1n) is 10.0. The molecule has 0 bridgehead atoms. The Morgan fingerprint density at radius 1 is 1.21 bits per heavy atom. The second-order valence-electron chi connectivity index (χ2n) is 6.99. The average molecular weight is 397 g/mol. The van der Waals surface area contributed by atoms with E-state index in [1.165, 1.54) is 6.07 Å². The van der Waals surface area contributed by atoms with Gasteiger partial charge in [0, 0.05) is 29.7 Å². The summed E-state index contributed by atoms with van der Waals surface area (Å²) in [5, 5.41) is 11.1. The van der Waals surface area contributed by atoms with Crippen molar-refractivity contribution in [2.45, 2.75) is 27.2 Å². The summed E-state index contributed by atoms with van der Waals surface area (Å²) >= 11 is 0. The fourth-order valence-electron chi connectivity index (χ4n) is 3.40. The van der Waals surface area contributed by atoms with Crippen LogP contribution >= 0.6 is 0 Å². The number of aromatic hydroxyl groups is 1. The molecule has 5 nitrogen and oxygen atoms in total. The topological polar surface area (TPSA) is 60.9 Å². The van der Waals surface area contributed by atoms with Gasteiger partial charge in [-0.05, 0) is 50.2 Å². The molecule has 0 aliphatic heterocycles. The van der Waals surface area contributed by atoms with E-state index in [-0.39, 0.29) is 11.6 Å². The Bertz CT molecular complexity index is 993. The Hall–Kier alpha value is -2.86. The average Bonchev–Trinajstić information content (AvgIpc) is 3.04. The van der Waals surface area contributed by atoms with Crippen molar-refractivity contribution in [3.8, 4) is 11.6 Å². The van der Waals surface area contributed by atoms with E-state index in [2.05, 4.69) is 28.7 Å². The van der Waals surface area contributed by atoms with Gasteiger partial charge in [0.2, 0.25) is 0 Å². The molecular formula is C23H28FN3O2. The lowest BCUT2D eigenvalue weighted by Gasteiger charge is -2.17. The van der Waals surface area contributed by atoms with E-state index in [0.717, 1.165) is 42.5 Å². The highest BCUT2D eigenvalue weighted by atomic mass is 19.1. The van der Waals surface area contributed by atoms with Gasteiger partial charge >= 0.3 is 0 Å². The van der Waals surface area contributed by atoms with Gasteiger partial charge in [-0.1, -0.05) is 26.0 Å². The number of nitrogens with one attached hydrogen (secondary N) is 1. The normalized spacial score (nSPS) is 11.8. The van der Waals surface area contributed by atoms with Gasteiger partial charge < -0.3 is 19.7 Å². The highest BCUT2D eigenvalue weighted by molar-refractivity contribution is 6.04. The summed E-state index contributed by atoms with van der Waals surface area (Å²) in [6, 6.07) is 10.4. The van der Waals surface area contributed by atoms with Gasteiger partial charge in [-0.15, -0.1) is 0 Å². The van der Waals surface area contributed by atoms with Crippen LogP contribution in [0.4, 0.5) is 10.1 Å². The number of hydrogen-bond acceptors (Lipinski definition) is 4. The highest BCUT2D eigenvalue weighted by Gasteiger charge is 2.11. The molecule has 0 saturated carbocycles. The Balaban J connectivity index is 1.67. The fourth-order valence-corrected chi connectivity index (χ4v) is 3.40. The number of halogens is 1. The molecule has 3 aromatic rings. The minimum Gasteiger partial charge on any atom is -0.494 e. The standard InChI is InChI=1S/C23H28FN3O2/c1-4-27(5-2)12-7-13-29-21-11-10-17(14-19(21)24)25-15-18-22-16(3)8-6-9-20(22)26-23(18)28/h6,8-11,14-15,26,28H,4-5,7,12-13H2,1-3H3. The largest absolute Gasteiger partial charge is 0.494 e. The number of ether oxygens (including phenoxy) is 1. The summed E-state index contributed by atoms with van der Waals surface area (Å²) in [7, 11) is 0. The van der Waals surface area contributed by atoms with Crippen LogP contribution in [0, 0.1) is 12.7 Å². The first-order chi connectivity index (χ1) is 14.0. The van der Waals surface area contributed by atoms with Crippen LogP contribution in [-0.2, 0) is 0 Å². The number of aliphatic imine (C=N–C) groups is 1. The number of H-pyrrole nitrogens is 1. The van der Waals surface area contributed by atoms with Gasteiger partial charge in [-0.3, -0.25) is 4.99 Å². The van der Waals surface area contributed by atoms with Crippen molar-refractivity contribution >= 4 is 22.8 Å². The minimum atomic E-state index is -0.443. The van der Waals surface area contributed by atoms with E-state index in [1.807, 2.05) is 25.1 Å². The number of nitrogens with zero attached hydrogens (tertiary/aromatic N) is 2. The lowest BCUT2D eigenvalue weighted by atomic mass is 10.1. The Morgan fingerprint density at radius 3 is 2.72 bits per heavy atom. The predicted octanol–water partition coefficient (Wildman–Crippen LogP) is 5.18. The van der Waals surface area contributed by atoms with Crippen LogP contribution in [-0.4, -0.2) is 47.4 Å². The molecule has 0 aliphatic rings. The second-order valence-corrected chi connectivity index (χ2v) is 6.99. The zero-order valence-electron chi connectivity index (χ0n) is 17.2. The Labute approximate surface area is 170 Å². The van der Waals surface area contributed by atoms with Gasteiger partial charge in [-0.2, -0.15) is 0 Å². The number of aromatic amines is 1. The van der Waals surface area contributed by atoms with Gasteiger partial charge in [0.05, 0.1) is 17.9 Å². The summed E-state index contributed by atoms with van der Waals surface area (Å²) in [6.45, 7) is 9.63. The highest BCUT2D eigenvalue weighted by Crippen LogP contribution is 2.29. The van der Waals surface area contributed by atoms with E-state index >= 15 is 0 Å². The maximum atomic E-state index is 14.4. The molecule has 6 heteroatoms. The van der Waals surface area contributed by atoms with Crippen LogP contribution in [0.25, 0.3) is 10.9 Å². The maximum Gasteiger partial charge on any atom is 0.198 e. The van der Waals surface area contributed by atoms with Crippen molar-refractivity contribution in [2.75, 3.05) is 26.2 Å². The van der Waals surface area contributed by atoms with Crippen molar-refractivity contribution < 1.29 is 14.2 Å². The van der Waals surface area contributed by atoms with E-state index in [1.54, 1.807) is 18.3 Å². The first-order valence-corrected chi connectivity index (χ1v) is 10.0. The molecule has 0 atom stereocenters. The van der Waals surface area contributed by atoms with Crippen LogP contribution in [0.15, 0.2) is 41.4 Å². The second kappa shape index (κ2) is 9.56. The van der Waals surface area contributed by atoms with Gasteiger partial charge in [0.1, 0.15) is 0 Å². The van der Waals surface area contributed by atoms with Crippen LogP contribution in [0.1, 0.15) is 31.4 Å². The summed E-state index contributed by atoms with van der Waals surface area (Å²) in [6.07, 6.45) is 2.40. The molecule has 0 radical (unpaired) electrons. The summed E-state index contributed by atoms with van der Waals surface area (Å²) in [5.41, 5.74) is 2.92. The number of aryl methyl sites for hydroxylation is 1. The molecule has 2 N–H and O–H groups in total. The number of rotatable bonds is 9. The molecule has 3 rings (SSSR count). The zero-order valence-corrected chi connectivity index (χ0v) is 17.2. The van der Waals surface area contributed by atoms with Gasteiger partial charge in [0.25, 0.3) is 0 Å². The van der Waals surface area contributed by atoms with E-state index in [4.69, 9.17) is 4.74 Å². The molecule has 1 aromatic heterocycles. The third-order valence-corrected chi connectivity index (χ3v) is 5.08.